The highest BCUT2D eigenvalue weighted by Crippen LogP contribution is 2.18. The highest BCUT2D eigenvalue weighted by atomic mass is 19.1. The van der Waals surface area contributed by atoms with Crippen LogP contribution in [0.2, 0.25) is 0 Å². The Hall–Kier alpha value is -3.72. The van der Waals surface area contributed by atoms with E-state index in [1.807, 2.05) is 0 Å². The Morgan fingerprint density at radius 2 is 1.87 bits per heavy atom. The number of carbonyl (C=O) groups is 2. The second kappa shape index (κ2) is 10.9. The average Bonchev–Trinajstić information content (AvgIpc) is 3.25. The summed E-state index contributed by atoms with van der Waals surface area (Å²) in [6, 6.07) is 13.8. The molecule has 3 aromatic rings. The summed E-state index contributed by atoms with van der Waals surface area (Å²) in [6.07, 6.45) is 0.701. The fraction of sp³-hybridized carbons (Fsp3) is 0.227. The summed E-state index contributed by atoms with van der Waals surface area (Å²) in [7, 11) is 1.60. The van der Waals surface area contributed by atoms with Crippen LogP contribution in [0.15, 0.2) is 59.1 Å². The second-order valence-corrected chi connectivity index (χ2v) is 6.53. The van der Waals surface area contributed by atoms with Crippen molar-refractivity contribution in [2.75, 3.05) is 25.6 Å². The molecule has 0 aliphatic heterocycles. The number of rotatable bonds is 10. The van der Waals surface area contributed by atoms with Gasteiger partial charge < -0.3 is 24.6 Å². The fourth-order valence-corrected chi connectivity index (χ4v) is 2.63. The van der Waals surface area contributed by atoms with E-state index >= 15 is 0 Å². The van der Waals surface area contributed by atoms with Gasteiger partial charge in [-0.3, -0.25) is 9.59 Å². The molecule has 0 spiro atoms. The molecule has 0 aliphatic carbocycles. The van der Waals surface area contributed by atoms with Gasteiger partial charge in [-0.15, -0.1) is 0 Å². The topological polar surface area (TPSA) is 103 Å². The van der Waals surface area contributed by atoms with E-state index in [4.69, 9.17) is 14.0 Å². The molecule has 0 atom stereocenters. The Bertz CT molecular complexity index is 1020. The van der Waals surface area contributed by atoms with Crippen LogP contribution in [0, 0.1) is 5.82 Å². The lowest BCUT2D eigenvalue weighted by Crippen LogP contribution is -2.25. The maximum Gasteiger partial charge on any atom is 0.273 e. The first-order chi connectivity index (χ1) is 15.1. The van der Waals surface area contributed by atoms with Gasteiger partial charge >= 0.3 is 0 Å². The monoisotopic (exact) mass is 427 g/mol. The van der Waals surface area contributed by atoms with Crippen molar-refractivity contribution in [3.63, 3.8) is 0 Å². The van der Waals surface area contributed by atoms with Crippen LogP contribution in [0.3, 0.4) is 0 Å². The minimum absolute atomic E-state index is 0.0355. The molecule has 1 heterocycles. The van der Waals surface area contributed by atoms with Crippen LogP contribution in [0.5, 0.6) is 5.75 Å². The normalized spacial score (nSPS) is 10.5. The third kappa shape index (κ3) is 6.38. The van der Waals surface area contributed by atoms with Gasteiger partial charge in [-0.25, -0.2) is 4.39 Å². The molecule has 9 heteroatoms. The summed E-state index contributed by atoms with van der Waals surface area (Å²) in [4.78, 5) is 24.1. The van der Waals surface area contributed by atoms with Crippen LogP contribution >= 0.6 is 0 Å². The predicted molar refractivity (Wildman–Crippen MR) is 110 cm³/mol. The highest BCUT2D eigenvalue weighted by Gasteiger charge is 2.13. The third-order valence-corrected chi connectivity index (χ3v) is 4.21. The van der Waals surface area contributed by atoms with Crippen molar-refractivity contribution < 1.29 is 28.0 Å². The summed E-state index contributed by atoms with van der Waals surface area (Å²) < 4.78 is 29.3. The summed E-state index contributed by atoms with van der Waals surface area (Å²) in [5, 5.41) is 9.08. The third-order valence-electron chi connectivity index (χ3n) is 4.21. The van der Waals surface area contributed by atoms with Crippen LogP contribution in [-0.4, -0.2) is 37.2 Å². The molecule has 1 aromatic heterocycles. The SMILES string of the molecule is COCCCNC(=O)c1cc(COc2ccc(NC(=O)c3ccccc3F)cc2)on1. The van der Waals surface area contributed by atoms with Crippen LogP contribution in [0.4, 0.5) is 10.1 Å². The van der Waals surface area contributed by atoms with Crippen LogP contribution in [0.1, 0.15) is 33.0 Å². The smallest absolute Gasteiger partial charge is 0.273 e. The molecule has 2 N–H and O–H groups in total. The molecule has 31 heavy (non-hydrogen) atoms. The van der Waals surface area contributed by atoms with E-state index in [0.29, 0.717) is 36.8 Å². The van der Waals surface area contributed by atoms with Crippen LogP contribution in [0.25, 0.3) is 0 Å². The predicted octanol–water partition coefficient (Wildman–Crippen LogP) is 3.41. The maximum absolute atomic E-state index is 13.7. The van der Waals surface area contributed by atoms with Crippen molar-refractivity contribution in [3.05, 3.63) is 77.4 Å². The number of halogens is 1. The van der Waals surface area contributed by atoms with Crippen molar-refractivity contribution in [1.29, 1.82) is 0 Å². The molecule has 8 nitrogen and oxygen atoms in total. The zero-order valence-electron chi connectivity index (χ0n) is 16.9. The second-order valence-electron chi connectivity index (χ2n) is 6.53. The van der Waals surface area contributed by atoms with Crippen molar-refractivity contribution in [1.82, 2.24) is 10.5 Å². The first-order valence-electron chi connectivity index (χ1n) is 9.58. The molecule has 0 unspecified atom stereocenters. The molecule has 0 bridgehead atoms. The van der Waals surface area contributed by atoms with Crippen molar-refractivity contribution in [3.8, 4) is 5.75 Å². The molecular weight excluding hydrogens is 405 g/mol. The van der Waals surface area contributed by atoms with E-state index in [0.717, 1.165) is 0 Å². The van der Waals surface area contributed by atoms with Crippen LogP contribution < -0.4 is 15.4 Å². The number of aromatic nitrogens is 1. The molecule has 2 amide bonds. The lowest BCUT2D eigenvalue weighted by molar-refractivity contribution is 0.0938. The summed E-state index contributed by atoms with van der Waals surface area (Å²) >= 11 is 0. The Morgan fingerprint density at radius 1 is 1.10 bits per heavy atom. The number of nitrogens with one attached hydrogen (secondary N) is 2. The van der Waals surface area contributed by atoms with Gasteiger partial charge in [0.05, 0.1) is 5.56 Å². The lowest BCUT2D eigenvalue weighted by Gasteiger charge is -2.08. The zero-order chi connectivity index (χ0) is 22.1. The van der Waals surface area contributed by atoms with E-state index in [1.165, 1.54) is 24.3 Å². The van der Waals surface area contributed by atoms with Crippen molar-refractivity contribution in [2.24, 2.45) is 0 Å². The van der Waals surface area contributed by atoms with Crippen molar-refractivity contribution in [2.45, 2.75) is 13.0 Å². The molecule has 0 radical (unpaired) electrons. The minimum atomic E-state index is -0.588. The quantitative estimate of drug-likeness (QED) is 0.481. The zero-order valence-corrected chi connectivity index (χ0v) is 16.9. The Morgan fingerprint density at radius 3 is 2.61 bits per heavy atom. The highest BCUT2D eigenvalue weighted by molar-refractivity contribution is 6.04. The van der Waals surface area contributed by atoms with Gasteiger partial charge in [-0.2, -0.15) is 0 Å². The van der Waals surface area contributed by atoms with E-state index in [9.17, 15) is 14.0 Å². The number of amides is 2. The molecular formula is C22H22FN3O5. The van der Waals surface area contributed by atoms with E-state index in [2.05, 4.69) is 15.8 Å². The first-order valence-corrected chi connectivity index (χ1v) is 9.58. The van der Waals surface area contributed by atoms with Gasteiger partial charge in [-0.05, 0) is 42.8 Å². The van der Waals surface area contributed by atoms with E-state index in [-0.39, 0.29) is 23.8 Å². The Balaban J connectivity index is 1.48. The molecule has 0 saturated carbocycles. The van der Waals surface area contributed by atoms with Crippen LogP contribution in [-0.2, 0) is 11.3 Å². The molecule has 0 aliphatic rings. The van der Waals surface area contributed by atoms with E-state index in [1.54, 1.807) is 37.4 Å². The van der Waals surface area contributed by atoms with E-state index < -0.39 is 11.7 Å². The molecule has 3 rings (SSSR count). The molecule has 0 saturated heterocycles. The molecule has 0 fully saturated rings. The number of anilines is 1. The van der Waals surface area contributed by atoms with Gasteiger partial charge in [0, 0.05) is 32.0 Å². The number of nitrogens with zero attached hydrogens (tertiary/aromatic N) is 1. The molecule has 2 aromatic carbocycles. The standard InChI is InChI=1S/C22H22FN3O5/c1-29-12-4-11-24-22(28)20-13-17(31-26-20)14-30-16-9-7-15(8-10-16)25-21(27)18-5-2-3-6-19(18)23/h2-3,5-10,13H,4,11-12,14H2,1H3,(H,24,28)(H,25,27). The first kappa shape index (κ1) is 22.0. The van der Waals surface area contributed by atoms with Gasteiger partial charge in [0.1, 0.15) is 18.2 Å². The fourth-order valence-electron chi connectivity index (χ4n) is 2.63. The average molecular weight is 427 g/mol. The number of hydrogen-bond acceptors (Lipinski definition) is 6. The summed E-state index contributed by atoms with van der Waals surface area (Å²) in [5.74, 6) is -0.553. The number of ether oxygens (including phenoxy) is 2. The summed E-state index contributed by atoms with van der Waals surface area (Å²) in [6.45, 7) is 1.11. The Kier molecular flexibility index (Phi) is 7.72. The van der Waals surface area contributed by atoms with Gasteiger partial charge in [0.15, 0.2) is 11.5 Å². The number of carbonyl (C=O) groups excluding carboxylic acids is 2. The Labute approximate surface area is 178 Å². The number of methoxy groups -OCH3 is 1. The van der Waals surface area contributed by atoms with Gasteiger partial charge in [0.25, 0.3) is 11.8 Å². The van der Waals surface area contributed by atoms with Gasteiger partial charge in [0.2, 0.25) is 0 Å². The number of benzene rings is 2. The van der Waals surface area contributed by atoms with Crippen molar-refractivity contribution >= 4 is 17.5 Å². The summed E-state index contributed by atoms with van der Waals surface area (Å²) in [5.41, 5.74) is 0.626. The maximum atomic E-state index is 13.7. The largest absolute Gasteiger partial charge is 0.486 e. The number of hydrogen-bond donors (Lipinski definition) is 2. The van der Waals surface area contributed by atoms with Gasteiger partial charge in [-0.1, -0.05) is 17.3 Å². The minimum Gasteiger partial charge on any atom is -0.486 e. The lowest BCUT2D eigenvalue weighted by atomic mass is 10.2. The molecule has 162 valence electrons.